The van der Waals surface area contributed by atoms with Gasteiger partial charge in [0.05, 0.1) is 12.0 Å². The van der Waals surface area contributed by atoms with Crippen LogP contribution in [-0.2, 0) is 17.4 Å². The predicted octanol–water partition coefficient (Wildman–Crippen LogP) is 2.40. The van der Waals surface area contributed by atoms with Gasteiger partial charge in [0.15, 0.2) is 0 Å². The largest absolute Gasteiger partial charge is 0.416 e. The van der Waals surface area contributed by atoms with E-state index in [9.17, 15) is 18.0 Å². The number of likely N-dealkylation sites (N-methyl/N-ethyl adjacent to an activating group) is 1. The molecule has 20 heavy (non-hydrogen) atoms. The first-order chi connectivity index (χ1) is 8.95. The maximum absolute atomic E-state index is 12.7. The van der Waals surface area contributed by atoms with Gasteiger partial charge < -0.3 is 10.6 Å². The molecule has 0 unspecified atom stereocenters. The Balaban J connectivity index is 0.00000361. The Morgan fingerprint density at radius 3 is 2.45 bits per heavy atom. The Morgan fingerprint density at radius 1 is 1.20 bits per heavy atom. The molecule has 1 rings (SSSR count). The van der Waals surface area contributed by atoms with Crippen molar-refractivity contribution in [1.29, 1.82) is 0 Å². The van der Waals surface area contributed by atoms with Crippen molar-refractivity contribution >= 4 is 18.3 Å². The maximum atomic E-state index is 12.7. The van der Waals surface area contributed by atoms with Crippen LogP contribution in [0.3, 0.4) is 0 Å². The Labute approximate surface area is 122 Å². The Morgan fingerprint density at radius 2 is 1.85 bits per heavy atom. The molecule has 1 aromatic rings. The van der Waals surface area contributed by atoms with Gasteiger partial charge >= 0.3 is 6.18 Å². The summed E-state index contributed by atoms with van der Waals surface area (Å²) in [4.78, 5) is 11.5. The monoisotopic (exact) mass is 310 g/mol. The van der Waals surface area contributed by atoms with E-state index >= 15 is 0 Å². The van der Waals surface area contributed by atoms with Crippen LogP contribution in [0.1, 0.15) is 18.1 Å². The van der Waals surface area contributed by atoms with Crippen molar-refractivity contribution in [3.05, 3.63) is 35.4 Å². The Hall–Kier alpha value is -1.27. The summed E-state index contributed by atoms with van der Waals surface area (Å²) >= 11 is 0. The van der Waals surface area contributed by atoms with Gasteiger partial charge in [0.2, 0.25) is 5.91 Å². The number of amides is 1. The van der Waals surface area contributed by atoms with Gasteiger partial charge in [0, 0.05) is 13.1 Å². The lowest BCUT2D eigenvalue weighted by Crippen LogP contribution is -2.33. The van der Waals surface area contributed by atoms with Crippen LogP contribution in [0.2, 0.25) is 0 Å². The number of hydrogen-bond donors (Lipinski definition) is 2. The van der Waals surface area contributed by atoms with E-state index in [1.807, 2.05) is 6.92 Å². The number of carbonyl (C=O) groups excluding carboxylic acids is 1. The van der Waals surface area contributed by atoms with Crippen molar-refractivity contribution < 1.29 is 18.0 Å². The SMILES string of the molecule is CCNCCNC(=O)Cc1ccccc1C(F)(F)F.Cl. The summed E-state index contributed by atoms with van der Waals surface area (Å²) < 4.78 is 38.1. The van der Waals surface area contributed by atoms with Crippen molar-refractivity contribution in [2.75, 3.05) is 19.6 Å². The molecular formula is C13H18ClF3N2O. The summed E-state index contributed by atoms with van der Waals surface area (Å²) in [5.74, 6) is -0.408. The zero-order valence-corrected chi connectivity index (χ0v) is 11.9. The second-order valence-corrected chi connectivity index (χ2v) is 4.04. The molecule has 2 N–H and O–H groups in total. The van der Waals surface area contributed by atoms with Crippen LogP contribution >= 0.6 is 12.4 Å². The lowest BCUT2D eigenvalue weighted by atomic mass is 10.0. The fourth-order valence-electron chi connectivity index (χ4n) is 1.65. The van der Waals surface area contributed by atoms with Crippen molar-refractivity contribution in [1.82, 2.24) is 10.6 Å². The summed E-state index contributed by atoms with van der Waals surface area (Å²) in [7, 11) is 0. The fourth-order valence-corrected chi connectivity index (χ4v) is 1.65. The Bertz CT molecular complexity index is 424. The molecule has 0 radical (unpaired) electrons. The highest BCUT2D eigenvalue weighted by Crippen LogP contribution is 2.31. The highest BCUT2D eigenvalue weighted by Gasteiger charge is 2.33. The highest BCUT2D eigenvalue weighted by atomic mass is 35.5. The molecule has 1 aromatic carbocycles. The zero-order valence-electron chi connectivity index (χ0n) is 11.1. The third kappa shape index (κ3) is 6.25. The van der Waals surface area contributed by atoms with Crippen molar-refractivity contribution in [3.8, 4) is 0 Å². The summed E-state index contributed by atoms with van der Waals surface area (Å²) in [6, 6.07) is 5.12. The molecule has 7 heteroatoms. The molecule has 0 aromatic heterocycles. The quantitative estimate of drug-likeness (QED) is 0.792. The lowest BCUT2D eigenvalue weighted by Gasteiger charge is -2.12. The molecule has 0 saturated heterocycles. The van der Waals surface area contributed by atoms with Gasteiger partial charge in [-0.2, -0.15) is 13.2 Å². The molecule has 0 aliphatic rings. The van der Waals surface area contributed by atoms with Crippen LogP contribution < -0.4 is 10.6 Å². The van der Waals surface area contributed by atoms with Gasteiger partial charge in [-0.15, -0.1) is 12.4 Å². The van der Waals surface area contributed by atoms with Crippen LogP contribution in [-0.4, -0.2) is 25.5 Å². The van der Waals surface area contributed by atoms with Crippen LogP contribution in [0.15, 0.2) is 24.3 Å². The maximum Gasteiger partial charge on any atom is 0.416 e. The van der Waals surface area contributed by atoms with Crippen LogP contribution in [0, 0.1) is 0 Å². The van der Waals surface area contributed by atoms with E-state index in [2.05, 4.69) is 10.6 Å². The fraction of sp³-hybridized carbons (Fsp3) is 0.462. The molecule has 0 aliphatic carbocycles. The summed E-state index contributed by atoms with van der Waals surface area (Å²) in [6.07, 6.45) is -4.69. The topological polar surface area (TPSA) is 41.1 Å². The van der Waals surface area contributed by atoms with Crippen LogP contribution in [0.25, 0.3) is 0 Å². The molecule has 0 aliphatic heterocycles. The lowest BCUT2D eigenvalue weighted by molar-refractivity contribution is -0.138. The van der Waals surface area contributed by atoms with E-state index in [1.54, 1.807) is 0 Å². The van der Waals surface area contributed by atoms with E-state index in [0.29, 0.717) is 13.1 Å². The number of benzene rings is 1. The third-order valence-electron chi connectivity index (χ3n) is 2.55. The average molecular weight is 311 g/mol. The van der Waals surface area contributed by atoms with Gasteiger partial charge in [-0.1, -0.05) is 25.1 Å². The average Bonchev–Trinajstić information content (AvgIpc) is 2.34. The standard InChI is InChI=1S/C13H17F3N2O.ClH/c1-2-17-7-8-18-12(19)9-10-5-3-4-6-11(10)13(14,15)16;/h3-6,17H,2,7-9H2,1H3,(H,18,19);1H. The number of halogens is 4. The zero-order chi connectivity index (χ0) is 14.3. The van der Waals surface area contributed by atoms with Crippen LogP contribution in [0.4, 0.5) is 13.2 Å². The van der Waals surface area contributed by atoms with E-state index in [4.69, 9.17) is 0 Å². The smallest absolute Gasteiger partial charge is 0.355 e. The van der Waals surface area contributed by atoms with Crippen molar-refractivity contribution in [2.24, 2.45) is 0 Å². The minimum atomic E-state index is -4.43. The number of nitrogens with one attached hydrogen (secondary N) is 2. The first-order valence-corrected chi connectivity index (χ1v) is 6.07. The van der Waals surface area contributed by atoms with E-state index in [1.165, 1.54) is 18.2 Å². The molecule has 0 atom stereocenters. The molecule has 0 spiro atoms. The summed E-state index contributed by atoms with van der Waals surface area (Å²) in [5, 5.41) is 5.58. The van der Waals surface area contributed by atoms with Gasteiger partial charge in [0.25, 0.3) is 0 Å². The van der Waals surface area contributed by atoms with Gasteiger partial charge in [-0.05, 0) is 18.2 Å². The molecular weight excluding hydrogens is 293 g/mol. The molecule has 0 heterocycles. The second kappa shape index (κ2) is 8.81. The first kappa shape index (κ1) is 18.7. The first-order valence-electron chi connectivity index (χ1n) is 6.07. The van der Waals surface area contributed by atoms with E-state index < -0.39 is 17.6 Å². The van der Waals surface area contributed by atoms with E-state index in [-0.39, 0.29) is 24.4 Å². The van der Waals surface area contributed by atoms with Gasteiger partial charge in [0.1, 0.15) is 0 Å². The minimum Gasteiger partial charge on any atom is -0.355 e. The minimum absolute atomic E-state index is 0. The highest BCUT2D eigenvalue weighted by molar-refractivity contribution is 5.85. The molecule has 1 amide bonds. The normalized spacial score (nSPS) is 10.8. The molecule has 114 valence electrons. The van der Waals surface area contributed by atoms with Gasteiger partial charge in [-0.25, -0.2) is 0 Å². The van der Waals surface area contributed by atoms with E-state index in [0.717, 1.165) is 12.6 Å². The molecule has 0 fully saturated rings. The van der Waals surface area contributed by atoms with Crippen molar-refractivity contribution in [3.63, 3.8) is 0 Å². The molecule has 0 bridgehead atoms. The second-order valence-electron chi connectivity index (χ2n) is 4.04. The number of alkyl halides is 3. The summed E-state index contributed by atoms with van der Waals surface area (Å²) in [5.41, 5.74) is -0.757. The van der Waals surface area contributed by atoms with Crippen LogP contribution in [0.5, 0.6) is 0 Å². The molecule has 3 nitrogen and oxygen atoms in total. The van der Waals surface area contributed by atoms with Gasteiger partial charge in [-0.3, -0.25) is 4.79 Å². The number of carbonyl (C=O) groups is 1. The number of hydrogen-bond acceptors (Lipinski definition) is 2. The molecule has 0 saturated carbocycles. The Kier molecular flexibility index (Phi) is 8.25. The predicted molar refractivity (Wildman–Crippen MR) is 73.9 cm³/mol. The number of rotatable bonds is 6. The third-order valence-corrected chi connectivity index (χ3v) is 2.55. The summed E-state index contributed by atoms with van der Waals surface area (Å²) in [6.45, 7) is 3.72. The van der Waals surface area contributed by atoms with Crippen molar-refractivity contribution in [2.45, 2.75) is 19.5 Å².